The number of halogens is 2. The highest BCUT2D eigenvalue weighted by molar-refractivity contribution is 6.33. The van der Waals surface area contributed by atoms with Crippen LogP contribution in [-0.2, 0) is 12.4 Å². The predicted molar refractivity (Wildman–Crippen MR) is 77.4 cm³/mol. The number of para-hydroxylation sites is 1. The Morgan fingerprint density at radius 3 is 2.72 bits per heavy atom. The zero-order valence-electron chi connectivity index (χ0n) is 10.1. The normalized spacial score (nSPS) is 10.4. The Balaban J connectivity index is 2.26. The van der Waals surface area contributed by atoms with Gasteiger partial charge in [-0.2, -0.15) is 0 Å². The summed E-state index contributed by atoms with van der Waals surface area (Å²) in [5.74, 6) is 0.452. The fourth-order valence-corrected chi connectivity index (χ4v) is 2.49. The van der Waals surface area contributed by atoms with Gasteiger partial charge in [0.15, 0.2) is 0 Å². The lowest BCUT2D eigenvalue weighted by atomic mass is 10.1. The fourth-order valence-electron chi connectivity index (χ4n) is 1.94. The van der Waals surface area contributed by atoms with E-state index in [-0.39, 0.29) is 0 Å². The Labute approximate surface area is 117 Å². The lowest BCUT2D eigenvalue weighted by Crippen LogP contribution is -2.18. The van der Waals surface area contributed by atoms with Crippen LogP contribution in [0.3, 0.4) is 0 Å². The zero-order valence-corrected chi connectivity index (χ0v) is 11.6. The maximum atomic E-state index is 6.25. The minimum Gasteiger partial charge on any atom is -0.369 e. The SMILES string of the molecule is CN(Cc1cccnc1)c1c(Cl)cccc1CCl. The fraction of sp³-hybridized carbons (Fsp3) is 0.214. The van der Waals surface area contributed by atoms with Crippen molar-refractivity contribution in [3.8, 4) is 0 Å². The van der Waals surface area contributed by atoms with Crippen molar-refractivity contribution in [1.29, 1.82) is 0 Å². The summed E-state index contributed by atoms with van der Waals surface area (Å²) >= 11 is 12.2. The van der Waals surface area contributed by atoms with Crippen LogP contribution in [0.1, 0.15) is 11.1 Å². The standard InChI is InChI=1S/C14H14Cl2N2/c1-18(10-11-4-3-7-17-9-11)14-12(8-15)5-2-6-13(14)16/h2-7,9H,8,10H2,1H3. The van der Waals surface area contributed by atoms with Crippen LogP contribution in [0.2, 0.25) is 5.02 Å². The molecule has 0 spiro atoms. The van der Waals surface area contributed by atoms with E-state index in [1.54, 1.807) is 6.20 Å². The molecule has 0 aliphatic heterocycles. The van der Waals surface area contributed by atoms with Crippen molar-refractivity contribution in [2.75, 3.05) is 11.9 Å². The molecule has 4 heteroatoms. The van der Waals surface area contributed by atoms with E-state index in [1.165, 1.54) is 0 Å². The van der Waals surface area contributed by atoms with Gasteiger partial charge in [0.1, 0.15) is 0 Å². The van der Waals surface area contributed by atoms with Crippen LogP contribution in [0.4, 0.5) is 5.69 Å². The number of rotatable bonds is 4. The summed E-state index contributed by atoms with van der Waals surface area (Å²) in [6, 6.07) is 9.76. The van der Waals surface area contributed by atoms with Gasteiger partial charge in [-0.05, 0) is 23.3 Å². The first-order valence-corrected chi connectivity index (χ1v) is 6.57. The molecule has 0 aliphatic carbocycles. The van der Waals surface area contributed by atoms with E-state index in [2.05, 4.69) is 9.88 Å². The third-order valence-electron chi connectivity index (χ3n) is 2.74. The number of anilines is 1. The highest BCUT2D eigenvalue weighted by Gasteiger charge is 2.11. The molecule has 2 aromatic rings. The summed E-state index contributed by atoms with van der Waals surface area (Å²) in [5, 5.41) is 0.722. The van der Waals surface area contributed by atoms with Crippen molar-refractivity contribution < 1.29 is 0 Å². The minimum atomic E-state index is 0.452. The maximum Gasteiger partial charge on any atom is 0.0642 e. The van der Waals surface area contributed by atoms with Gasteiger partial charge in [-0.25, -0.2) is 0 Å². The van der Waals surface area contributed by atoms with E-state index in [4.69, 9.17) is 23.2 Å². The van der Waals surface area contributed by atoms with Gasteiger partial charge in [0.2, 0.25) is 0 Å². The van der Waals surface area contributed by atoms with Crippen molar-refractivity contribution >= 4 is 28.9 Å². The van der Waals surface area contributed by atoms with Crippen LogP contribution in [-0.4, -0.2) is 12.0 Å². The molecule has 0 unspecified atom stereocenters. The van der Waals surface area contributed by atoms with E-state index in [9.17, 15) is 0 Å². The van der Waals surface area contributed by atoms with Gasteiger partial charge in [-0.1, -0.05) is 29.8 Å². The van der Waals surface area contributed by atoms with Gasteiger partial charge in [-0.3, -0.25) is 4.98 Å². The summed E-state index contributed by atoms with van der Waals surface area (Å²) in [7, 11) is 2.00. The van der Waals surface area contributed by atoms with Crippen molar-refractivity contribution in [1.82, 2.24) is 4.98 Å². The number of benzene rings is 1. The molecule has 0 saturated carbocycles. The molecule has 0 atom stereocenters. The summed E-state index contributed by atoms with van der Waals surface area (Å²) in [5.41, 5.74) is 3.16. The van der Waals surface area contributed by atoms with Crippen LogP contribution in [0.15, 0.2) is 42.7 Å². The second-order valence-electron chi connectivity index (χ2n) is 4.10. The number of nitrogens with zero attached hydrogens (tertiary/aromatic N) is 2. The van der Waals surface area contributed by atoms with Crippen LogP contribution in [0.25, 0.3) is 0 Å². The first-order valence-electron chi connectivity index (χ1n) is 5.65. The third kappa shape index (κ3) is 2.95. The molecule has 0 aliphatic rings. The van der Waals surface area contributed by atoms with Crippen LogP contribution < -0.4 is 4.90 Å². The second-order valence-corrected chi connectivity index (χ2v) is 4.77. The average molecular weight is 281 g/mol. The van der Waals surface area contributed by atoms with Gasteiger partial charge in [-0.15, -0.1) is 11.6 Å². The largest absolute Gasteiger partial charge is 0.369 e. The van der Waals surface area contributed by atoms with Crippen molar-refractivity contribution in [3.05, 3.63) is 58.9 Å². The highest BCUT2D eigenvalue weighted by Crippen LogP contribution is 2.31. The molecule has 18 heavy (non-hydrogen) atoms. The number of hydrogen-bond donors (Lipinski definition) is 0. The molecule has 94 valence electrons. The number of pyridine rings is 1. The van der Waals surface area contributed by atoms with E-state index in [0.29, 0.717) is 5.88 Å². The summed E-state index contributed by atoms with van der Waals surface area (Å²) in [4.78, 5) is 6.21. The monoisotopic (exact) mass is 280 g/mol. The van der Waals surface area contributed by atoms with Crippen LogP contribution in [0.5, 0.6) is 0 Å². The Morgan fingerprint density at radius 2 is 2.06 bits per heavy atom. The predicted octanol–water partition coefficient (Wildman–Crippen LogP) is 4.11. The van der Waals surface area contributed by atoms with Gasteiger partial charge in [0, 0.05) is 31.9 Å². The molecular weight excluding hydrogens is 267 g/mol. The zero-order chi connectivity index (χ0) is 13.0. The summed E-state index contributed by atoms with van der Waals surface area (Å²) < 4.78 is 0. The molecule has 0 N–H and O–H groups in total. The lowest BCUT2D eigenvalue weighted by molar-refractivity contribution is 0.909. The molecule has 1 aromatic carbocycles. The molecular formula is C14H14Cl2N2. The average Bonchev–Trinajstić information content (AvgIpc) is 2.39. The van der Waals surface area contributed by atoms with Gasteiger partial charge in [0.25, 0.3) is 0 Å². The first kappa shape index (κ1) is 13.2. The quantitative estimate of drug-likeness (QED) is 0.784. The summed E-state index contributed by atoms with van der Waals surface area (Å²) in [6.45, 7) is 0.751. The topological polar surface area (TPSA) is 16.1 Å². The molecule has 0 radical (unpaired) electrons. The summed E-state index contributed by atoms with van der Waals surface area (Å²) in [6.07, 6.45) is 3.62. The molecule has 1 aromatic heterocycles. The number of alkyl halides is 1. The Bertz CT molecular complexity index is 514. The number of hydrogen-bond acceptors (Lipinski definition) is 2. The van der Waals surface area contributed by atoms with E-state index in [0.717, 1.165) is 28.4 Å². The molecule has 0 bridgehead atoms. The van der Waals surface area contributed by atoms with E-state index >= 15 is 0 Å². The van der Waals surface area contributed by atoms with Crippen LogP contribution in [0, 0.1) is 0 Å². The smallest absolute Gasteiger partial charge is 0.0642 e. The lowest BCUT2D eigenvalue weighted by Gasteiger charge is -2.23. The molecule has 0 fully saturated rings. The molecule has 0 amide bonds. The number of aromatic nitrogens is 1. The van der Waals surface area contributed by atoms with E-state index < -0.39 is 0 Å². The molecule has 0 saturated heterocycles. The molecule has 1 heterocycles. The van der Waals surface area contributed by atoms with Crippen LogP contribution >= 0.6 is 23.2 Å². The van der Waals surface area contributed by atoms with Crippen molar-refractivity contribution in [2.45, 2.75) is 12.4 Å². The van der Waals surface area contributed by atoms with Gasteiger partial charge < -0.3 is 4.90 Å². The first-order chi connectivity index (χ1) is 8.72. The third-order valence-corrected chi connectivity index (χ3v) is 3.33. The molecule has 2 nitrogen and oxygen atoms in total. The van der Waals surface area contributed by atoms with Gasteiger partial charge in [0.05, 0.1) is 10.7 Å². The van der Waals surface area contributed by atoms with Crippen molar-refractivity contribution in [3.63, 3.8) is 0 Å². The minimum absolute atomic E-state index is 0.452. The van der Waals surface area contributed by atoms with Gasteiger partial charge >= 0.3 is 0 Å². The van der Waals surface area contributed by atoms with Crippen molar-refractivity contribution in [2.24, 2.45) is 0 Å². The Hall–Kier alpha value is -1.25. The second kappa shape index (κ2) is 6.07. The van der Waals surface area contributed by atoms with E-state index in [1.807, 2.05) is 43.6 Å². The highest BCUT2D eigenvalue weighted by atomic mass is 35.5. The maximum absolute atomic E-state index is 6.25. The molecule has 2 rings (SSSR count). The Kier molecular flexibility index (Phi) is 4.45. The Morgan fingerprint density at radius 1 is 1.22 bits per heavy atom.